The highest BCUT2D eigenvalue weighted by molar-refractivity contribution is 6.31. The van der Waals surface area contributed by atoms with E-state index in [0.29, 0.717) is 16.2 Å². The van der Waals surface area contributed by atoms with Gasteiger partial charge < -0.3 is 23.9 Å². The number of hydrogen-bond donors (Lipinski definition) is 1. The Bertz CT molecular complexity index is 1250. The Balaban J connectivity index is 1.84. The number of carbonyl (C=O) groups is 2. The predicted molar refractivity (Wildman–Crippen MR) is 114 cm³/mol. The number of aliphatic hydroxyl groups is 1. The molecule has 2 heterocycles. The fourth-order valence-corrected chi connectivity index (χ4v) is 4.02. The fourth-order valence-electron chi connectivity index (χ4n) is 3.81. The molecule has 1 N–H and O–H groups in total. The van der Waals surface area contributed by atoms with E-state index in [1.807, 2.05) is 0 Å². The number of carbonyl (C=O) groups excluding carboxylic acids is 2. The van der Waals surface area contributed by atoms with Crippen molar-refractivity contribution in [2.45, 2.75) is 6.04 Å². The molecule has 1 atom stereocenters. The predicted octanol–water partition coefficient (Wildman–Crippen LogP) is 4.46. The highest BCUT2D eigenvalue weighted by Gasteiger charge is 2.45. The number of methoxy groups -OCH3 is 2. The Hall–Kier alpha value is -3.36. The number of rotatable bonds is 7. The first kappa shape index (κ1) is 21.9. The minimum Gasteiger partial charge on any atom is -0.503 e. The van der Waals surface area contributed by atoms with Crippen LogP contribution in [0.1, 0.15) is 22.2 Å². The smallest absolute Gasteiger partial charge is 0.290 e. The Morgan fingerprint density at radius 3 is 2.69 bits per heavy atom. The first-order chi connectivity index (χ1) is 15.4. The first-order valence-electron chi connectivity index (χ1n) is 9.66. The molecule has 0 saturated heterocycles. The van der Waals surface area contributed by atoms with Crippen molar-refractivity contribution in [2.75, 3.05) is 27.4 Å². The van der Waals surface area contributed by atoms with Crippen LogP contribution < -0.4 is 4.74 Å². The number of aliphatic hydroxyl groups excluding tert-OH is 1. The van der Waals surface area contributed by atoms with Gasteiger partial charge >= 0.3 is 0 Å². The summed E-state index contributed by atoms with van der Waals surface area (Å²) in [6.07, 6.45) is 0. The number of fused-ring (bicyclic) bond motifs is 1. The van der Waals surface area contributed by atoms with Gasteiger partial charge in [-0.25, -0.2) is 4.39 Å². The van der Waals surface area contributed by atoms with Crippen LogP contribution in [0.25, 0.3) is 11.0 Å². The van der Waals surface area contributed by atoms with Crippen molar-refractivity contribution in [3.8, 4) is 5.75 Å². The van der Waals surface area contributed by atoms with Crippen LogP contribution in [0.4, 0.5) is 4.39 Å². The second-order valence-corrected chi connectivity index (χ2v) is 7.58. The van der Waals surface area contributed by atoms with E-state index in [1.54, 1.807) is 12.1 Å². The number of Topliss-reactive ketones (excluding diaryl/α,β-unsaturated/α-hetero) is 1. The average molecular weight is 460 g/mol. The summed E-state index contributed by atoms with van der Waals surface area (Å²) in [5.41, 5.74) is 0.0738. The third-order valence-corrected chi connectivity index (χ3v) is 5.49. The summed E-state index contributed by atoms with van der Waals surface area (Å²) in [6.45, 7) is 0.171. The summed E-state index contributed by atoms with van der Waals surface area (Å²) in [4.78, 5) is 27.4. The zero-order valence-corrected chi connectivity index (χ0v) is 18.0. The van der Waals surface area contributed by atoms with Crippen molar-refractivity contribution >= 4 is 34.3 Å². The van der Waals surface area contributed by atoms with Crippen molar-refractivity contribution in [2.24, 2.45) is 0 Å². The SMILES string of the molecule is COCCN1C(=O)C(O)=C(C(=O)c2cc3cc(Cl)cc(OC)c3o2)C1c1ccccc1F. The molecule has 0 spiro atoms. The summed E-state index contributed by atoms with van der Waals surface area (Å²) in [5, 5.41) is 11.5. The first-order valence-corrected chi connectivity index (χ1v) is 10.0. The van der Waals surface area contributed by atoms with Crippen LogP contribution in [0.3, 0.4) is 0 Å². The second kappa shape index (κ2) is 8.64. The molecule has 1 aliphatic heterocycles. The maximum Gasteiger partial charge on any atom is 0.290 e. The third-order valence-electron chi connectivity index (χ3n) is 5.28. The molecule has 2 aromatic carbocycles. The number of hydrogen-bond acceptors (Lipinski definition) is 6. The number of furan rings is 1. The van der Waals surface area contributed by atoms with Crippen LogP contribution in [0, 0.1) is 5.82 Å². The standard InChI is InChI=1S/C23H19ClFNO6/c1-30-8-7-26-19(14-5-3-4-6-15(14)25)18(21(28)23(26)29)20(27)16-10-12-9-13(24)11-17(31-2)22(12)32-16/h3-6,9-11,19,28H,7-8H2,1-2H3. The lowest BCUT2D eigenvalue weighted by atomic mass is 9.94. The van der Waals surface area contributed by atoms with E-state index < -0.39 is 29.3 Å². The molecule has 7 nitrogen and oxygen atoms in total. The van der Waals surface area contributed by atoms with Crippen LogP contribution in [-0.4, -0.2) is 49.1 Å². The molecule has 1 amide bonds. The van der Waals surface area contributed by atoms with E-state index in [1.165, 1.54) is 49.5 Å². The number of ketones is 1. The number of ether oxygens (including phenoxy) is 2. The summed E-state index contributed by atoms with van der Waals surface area (Å²) < 4.78 is 30.7. The van der Waals surface area contributed by atoms with Gasteiger partial charge in [-0.05, 0) is 18.2 Å². The molecule has 1 aromatic heterocycles. The highest BCUT2D eigenvalue weighted by Crippen LogP contribution is 2.41. The van der Waals surface area contributed by atoms with Gasteiger partial charge in [-0.15, -0.1) is 0 Å². The summed E-state index contributed by atoms with van der Waals surface area (Å²) in [5.74, 6) is -2.76. The Morgan fingerprint density at radius 1 is 1.25 bits per heavy atom. The molecule has 3 aromatic rings. The van der Waals surface area contributed by atoms with E-state index in [2.05, 4.69) is 0 Å². The Kier molecular flexibility index (Phi) is 5.90. The van der Waals surface area contributed by atoms with Crippen molar-refractivity contribution in [1.82, 2.24) is 4.90 Å². The number of benzene rings is 2. The third kappa shape index (κ3) is 3.61. The van der Waals surface area contributed by atoms with E-state index in [4.69, 9.17) is 25.5 Å². The van der Waals surface area contributed by atoms with E-state index in [-0.39, 0.29) is 35.6 Å². The van der Waals surface area contributed by atoms with Gasteiger partial charge in [-0.1, -0.05) is 29.8 Å². The molecule has 1 unspecified atom stereocenters. The lowest BCUT2D eigenvalue weighted by Gasteiger charge is -2.26. The van der Waals surface area contributed by atoms with Crippen molar-refractivity contribution in [3.05, 3.63) is 76.0 Å². The monoisotopic (exact) mass is 459 g/mol. The molecular formula is C23H19ClFNO6. The fraction of sp³-hybridized carbons (Fsp3) is 0.217. The maximum absolute atomic E-state index is 14.7. The Labute approximate surface area is 187 Å². The highest BCUT2D eigenvalue weighted by atomic mass is 35.5. The topological polar surface area (TPSA) is 89.2 Å². The zero-order chi connectivity index (χ0) is 23.0. The largest absolute Gasteiger partial charge is 0.503 e. The molecular weight excluding hydrogens is 441 g/mol. The molecule has 0 bridgehead atoms. The van der Waals surface area contributed by atoms with Gasteiger partial charge in [0.2, 0.25) is 5.78 Å². The Morgan fingerprint density at radius 2 is 2.00 bits per heavy atom. The van der Waals surface area contributed by atoms with Crippen molar-refractivity contribution in [3.63, 3.8) is 0 Å². The molecule has 0 aliphatic carbocycles. The van der Waals surface area contributed by atoms with Gasteiger partial charge in [0.1, 0.15) is 5.82 Å². The number of nitrogens with zero attached hydrogens (tertiary/aromatic N) is 1. The molecule has 166 valence electrons. The van der Waals surface area contributed by atoms with Crippen LogP contribution >= 0.6 is 11.6 Å². The van der Waals surface area contributed by atoms with Gasteiger partial charge in [0.15, 0.2) is 22.9 Å². The molecule has 4 rings (SSSR count). The zero-order valence-electron chi connectivity index (χ0n) is 17.2. The van der Waals surface area contributed by atoms with Crippen LogP contribution in [0.15, 0.2) is 58.2 Å². The van der Waals surface area contributed by atoms with Crippen molar-refractivity contribution < 1.29 is 33.0 Å². The van der Waals surface area contributed by atoms with Gasteiger partial charge in [0.05, 0.1) is 25.3 Å². The van der Waals surface area contributed by atoms with Gasteiger partial charge in [0, 0.05) is 35.7 Å². The molecule has 0 fully saturated rings. The number of amides is 1. The van der Waals surface area contributed by atoms with Crippen molar-refractivity contribution in [1.29, 1.82) is 0 Å². The van der Waals surface area contributed by atoms with E-state index >= 15 is 0 Å². The van der Waals surface area contributed by atoms with E-state index in [9.17, 15) is 19.1 Å². The second-order valence-electron chi connectivity index (χ2n) is 7.14. The van der Waals surface area contributed by atoms with Gasteiger partial charge in [-0.3, -0.25) is 9.59 Å². The van der Waals surface area contributed by atoms with Crippen LogP contribution in [0.2, 0.25) is 5.02 Å². The van der Waals surface area contributed by atoms with Gasteiger partial charge in [-0.2, -0.15) is 0 Å². The minimum absolute atomic E-state index is 0.0404. The summed E-state index contributed by atoms with van der Waals surface area (Å²) in [6, 6.07) is 9.18. The van der Waals surface area contributed by atoms with Crippen LogP contribution in [-0.2, 0) is 9.53 Å². The molecule has 9 heteroatoms. The van der Waals surface area contributed by atoms with Crippen LogP contribution in [0.5, 0.6) is 5.75 Å². The molecule has 1 aliphatic rings. The van der Waals surface area contributed by atoms with Gasteiger partial charge in [0.25, 0.3) is 5.91 Å². The molecule has 0 saturated carbocycles. The quantitative estimate of drug-likeness (QED) is 0.525. The molecule has 0 radical (unpaired) electrons. The van der Waals surface area contributed by atoms with E-state index in [0.717, 1.165) is 0 Å². The number of halogens is 2. The summed E-state index contributed by atoms with van der Waals surface area (Å²) >= 11 is 6.09. The molecule has 32 heavy (non-hydrogen) atoms. The minimum atomic E-state index is -1.15. The summed E-state index contributed by atoms with van der Waals surface area (Å²) in [7, 11) is 2.88. The average Bonchev–Trinajstić information content (AvgIpc) is 3.31. The maximum atomic E-state index is 14.7. The lowest BCUT2D eigenvalue weighted by Crippen LogP contribution is -2.34. The normalized spacial score (nSPS) is 16.3. The lowest BCUT2D eigenvalue weighted by molar-refractivity contribution is -0.130.